The number of hydrogen-bond acceptors (Lipinski definition) is 4. The van der Waals surface area contributed by atoms with E-state index >= 15 is 0 Å². The molecule has 2 aromatic rings. The van der Waals surface area contributed by atoms with E-state index in [9.17, 15) is 9.59 Å². The Labute approximate surface area is 126 Å². The first-order chi connectivity index (χ1) is 10.1. The minimum Gasteiger partial charge on any atom is -0.467 e. The fourth-order valence-corrected chi connectivity index (χ4v) is 3.85. The van der Waals surface area contributed by atoms with Gasteiger partial charge in [-0.1, -0.05) is 30.3 Å². The monoisotopic (exact) mass is 301 g/mol. The molecule has 0 spiro atoms. The molecule has 1 aromatic carbocycles. The van der Waals surface area contributed by atoms with Gasteiger partial charge in [-0.25, -0.2) is 4.79 Å². The van der Waals surface area contributed by atoms with Crippen molar-refractivity contribution in [1.29, 1.82) is 0 Å². The number of aryl methyl sites for hydroxylation is 1. The number of carbonyl (C=O) groups excluding carboxylic acids is 1. The summed E-state index contributed by atoms with van der Waals surface area (Å²) in [4.78, 5) is 24.7. The molecule has 3 rings (SSSR count). The number of carbonyl (C=O) groups is 1. The first-order valence-corrected chi connectivity index (χ1v) is 7.64. The molecule has 0 radical (unpaired) electrons. The van der Waals surface area contributed by atoms with Gasteiger partial charge in [0.2, 0.25) is 0 Å². The Morgan fingerprint density at radius 1 is 1.33 bits per heavy atom. The van der Waals surface area contributed by atoms with Crippen molar-refractivity contribution in [3.63, 3.8) is 0 Å². The van der Waals surface area contributed by atoms with E-state index < -0.39 is 6.04 Å². The van der Waals surface area contributed by atoms with E-state index in [1.165, 1.54) is 18.9 Å². The van der Waals surface area contributed by atoms with Crippen molar-refractivity contribution >= 4 is 17.7 Å². The van der Waals surface area contributed by atoms with Crippen LogP contribution in [0.1, 0.15) is 11.6 Å². The summed E-state index contributed by atoms with van der Waals surface area (Å²) in [5.41, 5.74) is 2.32. The summed E-state index contributed by atoms with van der Waals surface area (Å²) in [6, 6.07) is 11.0. The minimum absolute atomic E-state index is 0.128. The number of rotatable bonds is 2. The van der Waals surface area contributed by atoms with E-state index in [-0.39, 0.29) is 11.5 Å². The number of thioether (sulfide) groups is 1. The van der Waals surface area contributed by atoms with Gasteiger partial charge in [0, 0.05) is 5.75 Å². The first-order valence-electron chi connectivity index (χ1n) is 6.65. The molecule has 0 bridgehead atoms. The maximum atomic E-state index is 12.9. The summed E-state index contributed by atoms with van der Waals surface area (Å²) in [5.74, 6) is 0.172. The summed E-state index contributed by atoms with van der Waals surface area (Å²) in [6.07, 6.45) is 0. The van der Waals surface area contributed by atoms with Crippen LogP contribution in [0.15, 0.2) is 46.2 Å². The molecule has 0 fully saturated rings. The Morgan fingerprint density at radius 2 is 2.05 bits per heavy atom. The van der Waals surface area contributed by atoms with Crippen molar-refractivity contribution in [1.82, 2.24) is 4.57 Å². The third kappa shape index (κ3) is 2.27. The summed E-state index contributed by atoms with van der Waals surface area (Å²) in [6.45, 7) is 1.93. The van der Waals surface area contributed by atoms with E-state index in [4.69, 9.17) is 4.74 Å². The van der Waals surface area contributed by atoms with E-state index in [1.807, 2.05) is 43.3 Å². The van der Waals surface area contributed by atoms with Crippen LogP contribution < -0.4 is 5.56 Å². The number of esters is 1. The van der Waals surface area contributed by atoms with Crippen LogP contribution in [0.25, 0.3) is 11.1 Å². The van der Waals surface area contributed by atoms with Crippen molar-refractivity contribution in [2.45, 2.75) is 18.0 Å². The highest BCUT2D eigenvalue weighted by Gasteiger charge is 2.32. The molecule has 108 valence electrons. The molecule has 1 aliphatic heterocycles. The Morgan fingerprint density at radius 3 is 2.71 bits per heavy atom. The molecule has 0 amide bonds. The van der Waals surface area contributed by atoms with Gasteiger partial charge in [-0.05, 0) is 24.1 Å². The van der Waals surface area contributed by atoms with Crippen LogP contribution in [-0.2, 0) is 9.53 Å². The topological polar surface area (TPSA) is 48.3 Å². The van der Waals surface area contributed by atoms with Crippen molar-refractivity contribution in [2.24, 2.45) is 0 Å². The molecule has 1 atom stereocenters. The normalized spacial score (nSPS) is 16.6. The van der Waals surface area contributed by atoms with Crippen LogP contribution in [-0.4, -0.2) is 23.4 Å². The number of hydrogen-bond donors (Lipinski definition) is 0. The highest BCUT2D eigenvalue weighted by atomic mass is 32.2. The molecular formula is C16H15NO3S. The molecule has 0 N–H and O–H groups in total. The number of nitrogens with zero attached hydrogens (tertiary/aromatic N) is 1. The molecule has 5 heteroatoms. The molecule has 1 aliphatic rings. The highest BCUT2D eigenvalue weighted by molar-refractivity contribution is 7.99. The number of aromatic nitrogens is 1. The molecule has 21 heavy (non-hydrogen) atoms. The van der Waals surface area contributed by atoms with Gasteiger partial charge >= 0.3 is 5.97 Å². The lowest BCUT2D eigenvalue weighted by Crippen LogP contribution is -2.30. The summed E-state index contributed by atoms with van der Waals surface area (Å²) >= 11 is 1.51. The molecule has 0 saturated heterocycles. The molecule has 4 nitrogen and oxygen atoms in total. The quantitative estimate of drug-likeness (QED) is 0.800. The lowest BCUT2D eigenvalue weighted by atomic mass is 10.0. The largest absolute Gasteiger partial charge is 0.467 e. The van der Waals surface area contributed by atoms with Gasteiger partial charge in [0.1, 0.15) is 6.04 Å². The van der Waals surface area contributed by atoms with Crippen LogP contribution in [0.4, 0.5) is 0 Å². The van der Waals surface area contributed by atoms with Crippen molar-refractivity contribution in [2.75, 3.05) is 12.9 Å². The Balaban J connectivity index is 2.22. The lowest BCUT2D eigenvalue weighted by Gasteiger charge is -2.14. The van der Waals surface area contributed by atoms with Crippen LogP contribution in [0.2, 0.25) is 0 Å². The van der Waals surface area contributed by atoms with Gasteiger partial charge in [-0.2, -0.15) is 0 Å². The predicted molar refractivity (Wildman–Crippen MR) is 82.7 cm³/mol. The summed E-state index contributed by atoms with van der Waals surface area (Å²) in [5, 5.41) is 0.826. The van der Waals surface area contributed by atoms with Crippen molar-refractivity contribution in [3.8, 4) is 11.1 Å². The number of pyridine rings is 1. The second-order valence-corrected chi connectivity index (χ2v) is 5.97. The lowest BCUT2D eigenvalue weighted by molar-refractivity contribution is -0.143. The van der Waals surface area contributed by atoms with Crippen molar-refractivity contribution in [3.05, 3.63) is 52.3 Å². The number of benzene rings is 1. The SMILES string of the molecule is COC(=O)[C@@H]1CSc2cc(C)c(-c3ccccc3)c(=O)n21. The van der Waals surface area contributed by atoms with Gasteiger partial charge in [0.15, 0.2) is 0 Å². The Bertz CT molecular complexity index is 752. The maximum Gasteiger partial charge on any atom is 0.329 e. The Kier molecular flexibility index (Phi) is 3.59. The maximum absolute atomic E-state index is 12.9. The van der Waals surface area contributed by atoms with Gasteiger partial charge in [-0.3, -0.25) is 9.36 Å². The second kappa shape index (κ2) is 5.41. The molecule has 0 saturated carbocycles. The zero-order valence-electron chi connectivity index (χ0n) is 11.8. The average molecular weight is 301 g/mol. The van der Waals surface area contributed by atoms with E-state index in [1.54, 1.807) is 4.57 Å². The summed E-state index contributed by atoms with van der Waals surface area (Å²) < 4.78 is 6.37. The standard InChI is InChI=1S/C16H15NO3S/c1-10-8-13-17(12(9-21-13)16(19)20-2)15(18)14(10)11-6-4-3-5-7-11/h3-8,12H,9H2,1-2H3/t12-/m0/s1. The second-order valence-electron chi connectivity index (χ2n) is 4.93. The average Bonchev–Trinajstić information content (AvgIpc) is 2.91. The fraction of sp³-hybridized carbons (Fsp3) is 0.250. The van der Waals surface area contributed by atoms with Crippen LogP contribution >= 0.6 is 11.8 Å². The fourth-order valence-electron chi connectivity index (χ4n) is 2.63. The van der Waals surface area contributed by atoms with Gasteiger partial charge in [0.05, 0.1) is 17.7 Å². The van der Waals surface area contributed by atoms with Gasteiger partial charge in [0.25, 0.3) is 5.56 Å². The first kappa shape index (κ1) is 13.9. The summed E-state index contributed by atoms with van der Waals surface area (Å²) in [7, 11) is 1.35. The van der Waals surface area contributed by atoms with Crippen LogP contribution in [0.3, 0.4) is 0 Å². The third-order valence-electron chi connectivity index (χ3n) is 3.64. The molecule has 0 unspecified atom stereocenters. The van der Waals surface area contributed by atoms with E-state index in [0.29, 0.717) is 11.3 Å². The molecule has 2 heterocycles. The number of methoxy groups -OCH3 is 1. The van der Waals surface area contributed by atoms with Gasteiger partial charge < -0.3 is 4.74 Å². The van der Waals surface area contributed by atoms with Crippen LogP contribution in [0, 0.1) is 6.92 Å². The molecular weight excluding hydrogens is 286 g/mol. The van der Waals surface area contributed by atoms with E-state index in [2.05, 4.69) is 0 Å². The van der Waals surface area contributed by atoms with Gasteiger partial charge in [-0.15, -0.1) is 11.8 Å². The zero-order valence-corrected chi connectivity index (χ0v) is 12.6. The number of fused-ring (bicyclic) bond motifs is 1. The number of ether oxygens (including phenoxy) is 1. The molecule has 1 aromatic heterocycles. The third-order valence-corrected chi connectivity index (χ3v) is 4.73. The smallest absolute Gasteiger partial charge is 0.329 e. The van der Waals surface area contributed by atoms with Crippen molar-refractivity contribution < 1.29 is 9.53 Å². The zero-order chi connectivity index (χ0) is 15.0. The predicted octanol–water partition coefficient (Wildman–Crippen LogP) is 2.64. The highest BCUT2D eigenvalue weighted by Crippen LogP contribution is 2.34. The Hall–Kier alpha value is -2.01. The molecule has 0 aliphatic carbocycles. The van der Waals surface area contributed by atoms with Crippen LogP contribution in [0.5, 0.6) is 0 Å². The minimum atomic E-state index is -0.537. The van der Waals surface area contributed by atoms with E-state index in [0.717, 1.165) is 16.2 Å².